The maximum atomic E-state index is 11.6. The van der Waals surface area contributed by atoms with E-state index in [1.165, 1.54) is 6.20 Å². The van der Waals surface area contributed by atoms with Gasteiger partial charge in [-0.2, -0.15) is 5.10 Å². The van der Waals surface area contributed by atoms with Gasteiger partial charge >= 0.3 is 0 Å². The van der Waals surface area contributed by atoms with Crippen molar-refractivity contribution in [2.75, 3.05) is 32.8 Å². The molecule has 0 radical (unpaired) electrons. The lowest BCUT2D eigenvalue weighted by Gasteiger charge is -2.31. The molecule has 1 aromatic heterocycles. The van der Waals surface area contributed by atoms with Gasteiger partial charge in [-0.3, -0.25) is 14.9 Å². The second-order valence-corrected chi connectivity index (χ2v) is 4.59. The van der Waals surface area contributed by atoms with Crippen LogP contribution in [0.15, 0.2) is 17.3 Å². The molecule has 1 fully saturated rings. The van der Waals surface area contributed by atoms with Crippen molar-refractivity contribution in [3.8, 4) is 0 Å². The molecule has 1 amide bonds. The maximum Gasteiger partial charge on any atom is 0.269 e. The Morgan fingerprint density at radius 1 is 1.71 bits per heavy atom. The quantitative estimate of drug-likeness (QED) is 0.277. The Morgan fingerprint density at radius 2 is 2.52 bits per heavy atom. The number of ether oxygens (including phenoxy) is 1. The lowest BCUT2D eigenvalue weighted by Crippen LogP contribution is -2.48. The molecular weight excluding hydrogens is 387 g/mol. The smallest absolute Gasteiger partial charge is 0.269 e. The van der Waals surface area contributed by atoms with Gasteiger partial charge in [-0.1, -0.05) is 0 Å². The van der Waals surface area contributed by atoms with Gasteiger partial charge in [-0.25, -0.2) is 0 Å². The number of halogens is 1. The van der Waals surface area contributed by atoms with Crippen molar-refractivity contribution in [3.05, 3.63) is 18.0 Å². The number of nitrogens with one attached hydrogen (secondary N) is 2. The van der Waals surface area contributed by atoms with Crippen molar-refractivity contribution < 1.29 is 9.53 Å². The highest BCUT2D eigenvalue weighted by molar-refractivity contribution is 14.0. The predicted octanol–water partition coefficient (Wildman–Crippen LogP) is -0.207. The fraction of sp³-hybridized carbons (Fsp3) is 0.583. The van der Waals surface area contributed by atoms with Crippen LogP contribution in [-0.2, 0) is 4.74 Å². The Kier molecular flexibility index (Phi) is 7.43. The summed E-state index contributed by atoms with van der Waals surface area (Å²) in [5.74, 6) is 0.298. The van der Waals surface area contributed by atoms with Crippen molar-refractivity contribution >= 4 is 35.8 Å². The first kappa shape index (κ1) is 17.7. The third-order valence-corrected chi connectivity index (χ3v) is 2.98. The average molecular weight is 408 g/mol. The van der Waals surface area contributed by atoms with Crippen molar-refractivity contribution in [1.29, 1.82) is 0 Å². The van der Waals surface area contributed by atoms with Crippen molar-refractivity contribution in [1.82, 2.24) is 20.4 Å². The topological polar surface area (TPSA) is 109 Å². The summed E-state index contributed by atoms with van der Waals surface area (Å²) in [6.45, 7) is 5.03. The molecule has 1 saturated heterocycles. The molecule has 118 valence electrons. The summed E-state index contributed by atoms with van der Waals surface area (Å²) in [5, 5.41) is 9.05. The summed E-state index contributed by atoms with van der Waals surface area (Å²) in [7, 11) is 0. The lowest BCUT2D eigenvalue weighted by atomic mass is 10.3. The van der Waals surface area contributed by atoms with Gasteiger partial charge in [0.25, 0.3) is 5.91 Å². The van der Waals surface area contributed by atoms with Gasteiger partial charge in [-0.05, 0) is 13.0 Å². The van der Waals surface area contributed by atoms with Gasteiger partial charge in [0, 0.05) is 25.8 Å². The molecular formula is C12H21IN6O2. The summed E-state index contributed by atoms with van der Waals surface area (Å²) in [5.41, 5.74) is 6.35. The van der Waals surface area contributed by atoms with Crippen molar-refractivity contribution in [2.24, 2.45) is 10.7 Å². The Morgan fingerprint density at radius 3 is 3.19 bits per heavy atom. The van der Waals surface area contributed by atoms with E-state index in [-0.39, 0.29) is 36.0 Å². The Labute approximate surface area is 140 Å². The minimum absolute atomic E-state index is 0. The number of hydrogen-bond acceptors (Lipinski definition) is 4. The molecule has 4 N–H and O–H groups in total. The number of carbonyl (C=O) groups is 1. The number of aromatic nitrogens is 2. The fourth-order valence-electron chi connectivity index (χ4n) is 1.94. The van der Waals surface area contributed by atoms with E-state index in [4.69, 9.17) is 10.5 Å². The molecule has 8 nitrogen and oxygen atoms in total. The van der Waals surface area contributed by atoms with Crippen LogP contribution in [0.2, 0.25) is 0 Å². The van der Waals surface area contributed by atoms with E-state index in [1.807, 2.05) is 11.8 Å². The molecule has 1 aliphatic rings. The molecule has 1 atom stereocenters. The number of amides is 1. The van der Waals surface area contributed by atoms with E-state index in [0.717, 1.165) is 13.1 Å². The number of morpholine rings is 1. The van der Waals surface area contributed by atoms with Crippen LogP contribution in [0.1, 0.15) is 17.4 Å². The number of carbonyl (C=O) groups excluding carboxylic acids is 1. The number of guanidine groups is 1. The van der Waals surface area contributed by atoms with Crippen molar-refractivity contribution in [2.45, 2.75) is 13.0 Å². The third-order valence-electron chi connectivity index (χ3n) is 2.98. The highest BCUT2D eigenvalue weighted by Crippen LogP contribution is 2.03. The molecule has 0 spiro atoms. The molecule has 2 heterocycles. The van der Waals surface area contributed by atoms with Gasteiger partial charge in [-0.15, -0.1) is 24.0 Å². The largest absolute Gasteiger partial charge is 0.375 e. The van der Waals surface area contributed by atoms with Gasteiger partial charge < -0.3 is 20.7 Å². The Hall–Kier alpha value is -1.36. The first-order chi connectivity index (χ1) is 9.66. The number of aliphatic imine (C=N–C) groups is 1. The number of H-pyrrole nitrogens is 1. The normalized spacial score (nSPS) is 19.0. The van der Waals surface area contributed by atoms with E-state index in [2.05, 4.69) is 20.5 Å². The summed E-state index contributed by atoms with van der Waals surface area (Å²) >= 11 is 0. The second kappa shape index (κ2) is 8.82. The summed E-state index contributed by atoms with van der Waals surface area (Å²) in [4.78, 5) is 17.9. The van der Waals surface area contributed by atoms with Crippen LogP contribution in [-0.4, -0.2) is 65.9 Å². The van der Waals surface area contributed by atoms with Crippen LogP contribution in [0.5, 0.6) is 0 Å². The van der Waals surface area contributed by atoms with Crippen molar-refractivity contribution in [3.63, 3.8) is 0 Å². The van der Waals surface area contributed by atoms with E-state index in [0.29, 0.717) is 31.3 Å². The molecule has 1 aliphatic heterocycles. The lowest BCUT2D eigenvalue weighted by molar-refractivity contribution is 0.00530. The van der Waals surface area contributed by atoms with Crippen LogP contribution in [0.25, 0.3) is 0 Å². The highest BCUT2D eigenvalue weighted by atomic mass is 127. The zero-order valence-electron chi connectivity index (χ0n) is 11.9. The molecule has 0 bridgehead atoms. The standard InChI is InChI=1S/C12H20N6O2.HI/c1-9-8-18(6-7-20-9)12(13)15-5-4-14-11(19)10-2-3-16-17-10;/h2-3,9H,4-8H2,1H3,(H2,13,15)(H,14,19)(H,16,17);1H. The first-order valence-corrected chi connectivity index (χ1v) is 6.61. The predicted molar refractivity (Wildman–Crippen MR) is 89.8 cm³/mol. The summed E-state index contributed by atoms with van der Waals surface area (Å²) < 4.78 is 5.44. The fourth-order valence-corrected chi connectivity index (χ4v) is 1.94. The molecule has 0 aromatic carbocycles. The van der Waals surface area contributed by atoms with Gasteiger partial charge in [0.15, 0.2) is 5.96 Å². The van der Waals surface area contributed by atoms with Gasteiger partial charge in [0.1, 0.15) is 5.69 Å². The number of hydrogen-bond donors (Lipinski definition) is 3. The van der Waals surface area contributed by atoms with Crippen LogP contribution in [0, 0.1) is 0 Å². The zero-order chi connectivity index (χ0) is 14.4. The van der Waals surface area contributed by atoms with Gasteiger partial charge in [0.2, 0.25) is 0 Å². The van der Waals surface area contributed by atoms with Crippen LogP contribution in [0.3, 0.4) is 0 Å². The average Bonchev–Trinajstić information content (AvgIpc) is 2.97. The number of aromatic amines is 1. The van der Waals surface area contributed by atoms with Crippen LogP contribution >= 0.6 is 24.0 Å². The molecule has 21 heavy (non-hydrogen) atoms. The first-order valence-electron chi connectivity index (χ1n) is 6.61. The number of nitrogens with two attached hydrogens (primary N) is 1. The molecule has 1 aromatic rings. The van der Waals surface area contributed by atoms with E-state index < -0.39 is 0 Å². The summed E-state index contributed by atoms with van der Waals surface area (Å²) in [6, 6.07) is 1.61. The third kappa shape index (κ3) is 5.50. The molecule has 1 unspecified atom stereocenters. The minimum Gasteiger partial charge on any atom is -0.375 e. The second-order valence-electron chi connectivity index (χ2n) is 4.59. The highest BCUT2D eigenvalue weighted by Gasteiger charge is 2.17. The van der Waals surface area contributed by atoms with Crippen LogP contribution in [0.4, 0.5) is 0 Å². The summed E-state index contributed by atoms with van der Waals surface area (Å²) in [6.07, 6.45) is 1.70. The molecule has 0 aliphatic carbocycles. The van der Waals surface area contributed by atoms with Crippen LogP contribution < -0.4 is 11.1 Å². The Bertz CT molecular complexity index is 464. The minimum atomic E-state index is -0.198. The molecule has 0 saturated carbocycles. The van der Waals surface area contributed by atoms with E-state index >= 15 is 0 Å². The SMILES string of the molecule is CC1CN(C(N)=NCCNC(=O)c2ccn[nH]2)CCO1.I. The van der Waals surface area contributed by atoms with Gasteiger partial charge in [0.05, 0.1) is 19.3 Å². The monoisotopic (exact) mass is 408 g/mol. The zero-order valence-corrected chi connectivity index (χ0v) is 14.2. The number of rotatable bonds is 4. The Balaban J connectivity index is 0.00000220. The number of nitrogens with zero attached hydrogens (tertiary/aromatic N) is 3. The maximum absolute atomic E-state index is 11.6. The van der Waals surface area contributed by atoms with E-state index in [1.54, 1.807) is 6.07 Å². The molecule has 2 rings (SSSR count). The van der Waals surface area contributed by atoms with E-state index in [9.17, 15) is 4.79 Å². The molecule has 9 heteroatoms.